The first-order chi connectivity index (χ1) is 40.4. The second-order valence-corrected chi connectivity index (χ2v) is 24.8. The molecule has 0 aliphatic carbocycles. The van der Waals surface area contributed by atoms with Gasteiger partial charge in [-0.05, 0) is 123 Å². The Bertz CT molecular complexity index is 3450. The predicted octanol–water partition coefficient (Wildman–Crippen LogP) is 3.90. The average molecular weight is 1220 g/mol. The standard InChI is InChI=1S/C58H64F4N9O12PS/c1-2-68-23-22-37-12-15-46(71(37)57(80)44(31-68)66-54(77)48-29-35-28-36(11-17-47(35)85-48)58(61,62)84(81,82)83)53(76)64-42(14-18-49(63)72)51(74)65-43(27-33-10-13-40(59)41(60)26-33)56(79)69-24-20-32(21-25-69)6-3-4-7-34-8-5-9-38-39(34)30-70(55(38)78)45-16-19-50(73)67-52(45)75/h5,8-11,13,17,26,28-29,32,37,42-46H,2-3,6,12,14-16,18-25,27,30-31H2,1H3,(H2,63,72)(H,64,76)(H,65,74)(H,66,77)(H,67,73,75)(H2,81,82,83)/t37-,42+,43+,44+,45?,46+/m1/s1. The zero-order valence-electron chi connectivity index (χ0n) is 46.3. The summed E-state index contributed by atoms with van der Waals surface area (Å²) in [5, 5.41) is 10.5. The molecule has 1 unspecified atom stereocenters. The van der Waals surface area contributed by atoms with Crippen LogP contribution in [0.25, 0.3) is 10.1 Å². The maximum Gasteiger partial charge on any atom is 0.399 e. The Morgan fingerprint density at radius 1 is 0.906 bits per heavy atom. The molecule has 4 aromatic rings. The maximum atomic E-state index is 14.7. The van der Waals surface area contributed by atoms with Gasteiger partial charge in [-0.25, -0.2) is 8.78 Å². The Balaban J connectivity index is 0.855. The van der Waals surface area contributed by atoms with Crippen molar-refractivity contribution in [3.8, 4) is 11.8 Å². The normalized spacial score (nSPS) is 21.2. The monoisotopic (exact) mass is 1220 g/mol. The van der Waals surface area contributed by atoms with E-state index in [1.54, 1.807) is 23.1 Å². The first-order valence-electron chi connectivity index (χ1n) is 28.1. The number of primary amides is 1. The molecule has 6 heterocycles. The largest absolute Gasteiger partial charge is 0.399 e. The van der Waals surface area contributed by atoms with E-state index in [0.29, 0.717) is 73.0 Å². The molecule has 6 atom stereocenters. The maximum absolute atomic E-state index is 14.7. The number of thiophene rings is 1. The van der Waals surface area contributed by atoms with Crippen molar-refractivity contribution < 1.29 is 75.1 Å². The topological polar surface area (TPSA) is 298 Å². The van der Waals surface area contributed by atoms with Gasteiger partial charge in [-0.3, -0.25) is 53.0 Å². The average Bonchev–Trinajstić information content (AvgIpc) is 2.29. The number of carbonyl (C=O) groups excluding carboxylic acids is 9. The number of likely N-dealkylation sites (N-methyl/N-ethyl adjacent to an activating group) is 1. The van der Waals surface area contributed by atoms with Crippen molar-refractivity contribution >= 4 is 82.2 Å². The second-order valence-electron chi connectivity index (χ2n) is 22.1. The highest BCUT2D eigenvalue weighted by molar-refractivity contribution is 7.52. The Morgan fingerprint density at radius 2 is 1.67 bits per heavy atom. The van der Waals surface area contributed by atoms with Crippen molar-refractivity contribution in [2.24, 2.45) is 11.7 Å². The number of benzene rings is 3. The zero-order chi connectivity index (χ0) is 61.1. The lowest BCUT2D eigenvalue weighted by molar-refractivity contribution is -0.144. The van der Waals surface area contributed by atoms with E-state index in [0.717, 1.165) is 35.6 Å². The number of fused-ring (bicyclic) bond motifs is 3. The van der Waals surface area contributed by atoms with Gasteiger partial charge in [0.1, 0.15) is 30.2 Å². The highest BCUT2D eigenvalue weighted by atomic mass is 32.1. The number of nitrogens with two attached hydrogens (primary N) is 1. The molecule has 0 saturated carbocycles. The summed E-state index contributed by atoms with van der Waals surface area (Å²) in [7, 11) is -5.89. The second kappa shape index (κ2) is 26.0. The summed E-state index contributed by atoms with van der Waals surface area (Å²) >= 11 is 0.898. The molecule has 9 rings (SSSR count). The van der Waals surface area contributed by atoms with Gasteiger partial charge in [0.15, 0.2) is 11.6 Å². The van der Waals surface area contributed by atoms with Gasteiger partial charge in [-0.15, -0.1) is 11.3 Å². The van der Waals surface area contributed by atoms with Gasteiger partial charge in [-0.2, -0.15) is 8.78 Å². The number of nitrogens with one attached hydrogen (secondary N) is 4. The first-order valence-corrected chi connectivity index (χ1v) is 30.5. The van der Waals surface area contributed by atoms with E-state index in [1.165, 1.54) is 28.0 Å². The number of piperidine rings is 2. The highest BCUT2D eigenvalue weighted by Gasteiger charge is 2.51. The minimum Gasteiger partial charge on any atom is -0.370 e. The summed E-state index contributed by atoms with van der Waals surface area (Å²) in [5.74, 6) is -1.40. The number of amides is 9. The van der Waals surface area contributed by atoms with Gasteiger partial charge < -0.3 is 51.1 Å². The molecule has 1 aromatic heterocycles. The van der Waals surface area contributed by atoms with Crippen LogP contribution in [0.2, 0.25) is 0 Å². The number of nitrogens with zero attached hydrogens (tertiary/aromatic N) is 4. The zero-order valence-corrected chi connectivity index (χ0v) is 48.0. The Morgan fingerprint density at radius 3 is 2.38 bits per heavy atom. The predicted molar refractivity (Wildman–Crippen MR) is 300 cm³/mol. The van der Waals surface area contributed by atoms with E-state index in [2.05, 4.69) is 33.1 Å². The Kier molecular flexibility index (Phi) is 18.9. The van der Waals surface area contributed by atoms with Gasteiger partial charge in [0.05, 0.1) is 4.88 Å². The van der Waals surface area contributed by atoms with Crippen LogP contribution in [0.1, 0.15) is 120 Å². The molecule has 452 valence electrons. The molecule has 0 bridgehead atoms. The van der Waals surface area contributed by atoms with Crippen molar-refractivity contribution in [1.82, 2.24) is 40.9 Å². The fraction of sp³-hybridized carbons (Fsp3) is 0.466. The van der Waals surface area contributed by atoms with E-state index >= 15 is 0 Å². The fourth-order valence-corrected chi connectivity index (χ4v) is 13.2. The SMILES string of the molecule is CCN1CC[C@H]2CC[C@@H](C(=O)N[C@@H](CCC(N)=O)C(=O)N[C@@H](Cc3ccc(F)c(F)c3)C(=O)N3CCC(CCC#Cc4cccc5c4CN(C4CCC(=O)NC4=O)C5=O)CC3)N2C(=O)[C@@H](NC(=O)c2cc3cc(C(F)(F)P(=O)(O)O)ccc3s2)C1. The lowest BCUT2D eigenvalue weighted by Gasteiger charge is -2.38. The van der Waals surface area contributed by atoms with Crippen molar-refractivity contribution in [2.75, 3.05) is 32.7 Å². The summed E-state index contributed by atoms with van der Waals surface area (Å²) in [6.45, 7) is 3.56. The Hall–Kier alpha value is -7.56. The van der Waals surface area contributed by atoms with Crippen LogP contribution in [0.3, 0.4) is 0 Å². The third-order valence-corrected chi connectivity index (χ3v) is 18.6. The fourth-order valence-electron chi connectivity index (χ4n) is 11.8. The van der Waals surface area contributed by atoms with Crippen LogP contribution in [-0.4, -0.2) is 152 Å². The molecule has 8 N–H and O–H groups in total. The van der Waals surface area contributed by atoms with Gasteiger partial charge in [0, 0.05) is 85.8 Å². The van der Waals surface area contributed by atoms with E-state index in [4.69, 9.17) is 5.73 Å². The highest BCUT2D eigenvalue weighted by Crippen LogP contribution is 2.59. The van der Waals surface area contributed by atoms with Crippen LogP contribution in [-0.2, 0) is 56.8 Å². The number of rotatable bonds is 18. The lowest BCUT2D eigenvalue weighted by Crippen LogP contribution is -2.62. The van der Waals surface area contributed by atoms with E-state index < -0.39 is 114 Å². The lowest BCUT2D eigenvalue weighted by atomic mass is 9.91. The molecule has 85 heavy (non-hydrogen) atoms. The molecule has 5 aliphatic rings. The molecule has 4 saturated heterocycles. The number of carbonyl (C=O) groups is 9. The van der Waals surface area contributed by atoms with E-state index in [9.17, 15) is 75.1 Å². The summed E-state index contributed by atoms with van der Waals surface area (Å²) in [6.07, 6.45) is 2.57. The molecule has 0 spiro atoms. The van der Waals surface area contributed by atoms with Crippen molar-refractivity contribution in [2.45, 2.75) is 132 Å². The summed E-state index contributed by atoms with van der Waals surface area (Å²) < 4.78 is 69.9. The van der Waals surface area contributed by atoms with Crippen LogP contribution < -0.4 is 27.0 Å². The van der Waals surface area contributed by atoms with Crippen LogP contribution >= 0.6 is 18.9 Å². The van der Waals surface area contributed by atoms with Crippen molar-refractivity contribution in [3.05, 3.63) is 105 Å². The smallest absolute Gasteiger partial charge is 0.370 e. The molecule has 5 aliphatic heterocycles. The van der Waals surface area contributed by atoms with Gasteiger partial charge in [-0.1, -0.05) is 37.0 Å². The quantitative estimate of drug-likeness (QED) is 0.0322. The first kappa shape index (κ1) is 62.0. The third-order valence-electron chi connectivity index (χ3n) is 16.5. The van der Waals surface area contributed by atoms with Gasteiger partial charge in [0.25, 0.3) is 11.8 Å². The van der Waals surface area contributed by atoms with Crippen LogP contribution in [0, 0.1) is 29.4 Å². The van der Waals surface area contributed by atoms with Crippen LogP contribution in [0.4, 0.5) is 17.6 Å². The minimum absolute atomic E-state index is 0.00140. The number of imide groups is 1. The number of hydrogen-bond donors (Lipinski definition) is 7. The number of halogens is 4. The molecule has 27 heteroatoms. The van der Waals surface area contributed by atoms with Gasteiger partial charge >= 0.3 is 13.3 Å². The van der Waals surface area contributed by atoms with E-state index in [-0.39, 0.29) is 91.8 Å². The molecule has 21 nitrogen and oxygen atoms in total. The third kappa shape index (κ3) is 13.9. The minimum atomic E-state index is -5.89. The van der Waals surface area contributed by atoms with Crippen molar-refractivity contribution in [1.29, 1.82) is 0 Å². The molecule has 3 aromatic carbocycles. The number of alkyl halides is 2. The summed E-state index contributed by atoms with van der Waals surface area (Å²) in [6, 6.07) is 5.93. The molecular weight excluding hydrogens is 1150 g/mol. The van der Waals surface area contributed by atoms with E-state index in [1.807, 2.05) is 11.8 Å². The van der Waals surface area contributed by atoms with Crippen LogP contribution in [0.15, 0.2) is 60.7 Å². The van der Waals surface area contributed by atoms with Crippen molar-refractivity contribution in [3.63, 3.8) is 0 Å². The summed E-state index contributed by atoms with van der Waals surface area (Å²) in [4.78, 5) is 147. The molecular formula is C58H64F4N9O12PS. The molecule has 9 amide bonds. The molecule has 4 fully saturated rings. The summed E-state index contributed by atoms with van der Waals surface area (Å²) in [5.41, 5.74) is 2.05. The Labute approximate surface area is 489 Å². The number of likely N-dealkylation sites (tertiary alicyclic amines) is 1. The van der Waals surface area contributed by atoms with Crippen LogP contribution in [0.5, 0.6) is 0 Å². The molecule has 0 radical (unpaired) electrons. The number of hydrogen-bond acceptors (Lipinski definition) is 12. The van der Waals surface area contributed by atoms with Gasteiger partial charge in [0.2, 0.25) is 41.4 Å².